The number of hydrogen-bond acceptors (Lipinski definition) is 1. The van der Waals surface area contributed by atoms with Gasteiger partial charge in [-0.25, -0.2) is 0 Å². The molecule has 2 heteroatoms. The number of rotatable bonds is 1. The fourth-order valence-electron chi connectivity index (χ4n) is 8.99. The lowest BCUT2D eigenvalue weighted by atomic mass is 9.58. The summed E-state index contributed by atoms with van der Waals surface area (Å²) >= 11 is 0. The summed E-state index contributed by atoms with van der Waals surface area (Å²) in [6.45, 7) is 0. The van der Waals surface area contributed by atoms with E-state index < -0.39 is 8.07 Å². The lowest BCUT2D eigenvalue weighted by Crippen LogP contribution is -2.70. The van der Waals surface area contributed by atoms with Crippen LogP contribution in [0.1, 0.15) is 30.4 Å². The highest BCUT2D eigenvalue weighted by molar-refractivity contribution is 7.24. The standard InChI is InChI=1S/C40H29NSi/c1-8-19-36-28(12-1)29-13-2-9-20-37(29)42(36)38-21-10-3-14-30(38)31-23-22-27(26-39(31)42)41-34-17-6-4-15-32(34)40(24-11-25-40)33-16-5-7-18-35(33)41/h1-10,12-23,26H,11,24-25H2. The molecular weight excluding hydrogens is 523 g/mol. The van der Waals surface area contributed by atoms with E-state index >= 15 is 0 Å². The molecule has 0 aromatic heterocycles. The zero-order chi connectivity index (χ0) is 27.5. The van der Waals surface area contributed by atoms with E-state index in [1.807, 2.05) is 0 Å². The Kier molecular flexibility index (Phi) is 4.37. The second-order valence-corrected chi connectivity index (χ2v) is 16.1. The third-order valence-electron chi connectivity index (χ3n) is 10.8. The smallest absolute Gasteiger partial charge is 0.182 e. The fraction of sp³-hybridized carbons (Fsp3) is 0.100. The molecule has 1 fully saturated rings. The highest BCUT2D eigenvalue weighted by atomic mass is 28.3. The van der Waals surface area contributed by atoms with Gasteiger partial charge < -0.3 is 4.90 Å². The molecule has 1 nitrogen and oxygen atoms in total. The van der Waals surface area contributed by atoms with Gasteiger partial charge in [-0.15, -0.1) is 0 Å². The van der Waals surface area contributed by atoms with E-state index in [9.17, 15) is 0 Å². The zero-order valence-corrected chi connectivity index (χ0v) is 24.3. The first-order valence-corrected chi connectivity index (χ1v) is 17.3. The Labute approximate surface area is 247 Å². The Morgan fingerprint density at radius 1 is 0.452 bits per heavy atom. The molecule has 4 aliphatic rings. The van der Waals surface area contributed by atoms with Crippen LogP contribution in [0.5, 0.6) is 0 Å². The van der Waals surface area contributed by atoms with E-state index in [1.54, 1.807) is 0 Å². The van der Waals surface area contributed by atoms with Gasteiger partial charge in [-0.05, 0) is 91.2 Å². The molecule has 0 saturated heterocycles. The average Bonchev–Trinajstić information content (AvgIpc) is 3.50. The van der Waals surface area contributed by atoms with Gasteiger partial charge in [0.1, 0.15) is 0 Å². The summed E-state index contributed by atoms with van der Waals surface area (Å²) in [6, 6.07) is 53.4. The van der Waals surface area contributed by atoms with Crippen molar-refractivity contribution in [2.24, 2.45) is 0 Å². The maximum Gasteiger partial charge on any atom is 0.182 e. The molecule has 2 spiro atoms. The quantitative estimate of drug-likeness (QED) is 0.194. The third-order valence-corrected chi connectivity index (χ3v) is 15.7. The van der Waals surface area contributed by atoms with Crippen LogP contribution in [0.25, 0.3) is 22.3 Å². The molecule has 6 aromatic rings. The van der Waals surface area contributed by atoms with Gasteiger partial charge in [-0.2, -0.15) is 0 Å². The number of anilines is 3. The second-order valence-electron chi connectivity index (χ2n) is 12.4. The minimum Gasteiger partial charge on any atom is -0.310 e. The summed E-state index contributed by atoms with van der Waals surface area (Å²) < 4.78 is 0. The number of benzene rings is 6. The van der Waals surface area contributed by atoms with Gasteiger partial charge in [-0.1, -0.05) is 122 Å². The average molecular weight is 552 g/mol. The first-order chi connectivity index (χ1) is 20.8. The predicted molar refractivity (Wildman–Crippen MR) is 177 cm³/mol. The van der Waals surface area contributed by atoms with Crippen LogP contribution < -0.4 is 25.6 Å². The van der Waals surface area contributed by atoms with E-state index in [1.165, 1.54) is 90.5 Å². The molecule has 42 heavy (non-hydrogen) atoms. The molecule has 198 valence electrons. The van der Waals surface area contributed by atoms with E-state index in [-0.39, 0.29) is 5.41 Å². The Balaban J connectivity index is 1.28. The van der Waals surface area contributed by atoms with E-state index in [4.69, 9.17) is 0 Å². The molecule has 0 N–H and O–H groups in total. The molecule has 0 bridgehead atoms. The van der Waals surface area contributed by atoms with Gasteiger partial charge in [0.05, 0.1) is 11.4 Å². The Morgan fingerprint density at radius 2 is 0.905 bits per heavy atom. The van der Waals surface area contributed by atoms with Crippen molar-refractivity contribution in [2.45, 2.75) is 24.7 Å². The van der Waals surface area contributed by atoms with Crippen molar-refractivity contribution in [1.82, 2.24) is 0 Å². The third kappa shape index (κ3) is 2.57. The van der Waals surface area contributed by atoms with Crippen molar-refractivity contribution in [2.75, 3.05) is 4.90 Å². The number of para-hydroxylation sites is 2. The molecular formula is C40H29NSi. The maximum absolute atomic E-state index is 2.58. The van der Waals surface area contributed by atoms with Crippen LogP contribution >= 0.6 is 0 Å². The Bertz CT molecular complexity index is 1990. The second kappa shape index (κ2) is 7.99. The molecule has 3 heterocycles. The van der Waals surface area contributed by atoms with Crippen LogP contribution in [0.4, 0.5) is 17.1 Å². The first-order valence-electron chi connectivity index (χ1n) is 15.3. The minimum absolute atomic E-state index is 0.149. The monoisotopic (exact) mass is 551 g/mol. The van der Waals surface area contributed by atoms with E-state index in [0.717, 1.165) is 0 Å². The van der Waals surface area contributed by atoms with Crippen LogP contribution in [0, 0.1) is 0 Å². The summed E-state index contributed by atoms with van der Waals surface area (Å²) in [7, 11) is -2.48. The number of nitrogens with zero attached hydrogens (tertiary/aromatic N) is 1. The van der Waals surface area contributed by atoms with Crippen LogP contribution in [0.15, 0.2) is 140 Å². The normalized spacial score (nSPS) is 17.1. The lowest BCUT2D eigenvalue weighted by molar-refractivity contribution is 0.300. The summed E-state index contributed by atoms with van der Waals surface area (Å²) in [5, 5.41) is 6.12. The molecule has 1 aliphatic carbocycles. The fourth-order valence-corrected chi connectivity index (χ4v) is 14.6. The molecule has 10 rings (SSSR count). The topological polar surface area (TPSA) is 3.24 Å². The number of hydrogen-bond donors (Lipinski definition) is 0. The predicted octanol–water partition coefficient (Wildman–Crippen LogP) is 7.28. The van der Waals surface area contributed by atoms with Gasteiger partial charge in [0, 0.05) is 11.1 Å². The van der Waals surface area contributed by atoms with Crippen molar-refractivity contribution in [1.29, 1.82) is 0 Å². The van der Waals surface area contributed by atoms with E-state index in [2.05, 4.69) is 144 Å². The highest BCUT2D eigenvalue weighted by Gasteiger charge is 2.54. The lowest BCUT2D eigenvalue weighted by Gasteiger charge is -2.50. The Morgan fingerprint density at radius 3 is 1.40 bits per heavy atom. The van der Waals surface area contributed by atoms with E-state index in [0.29, 0.717) is 0 Å². The van der Waals surface area contributed by atoms with Gasteiger partial charge >= 0.3 is 0 Å². The summed E-state index contributed by atoms with van der Waals surface area (Å²) in [5.41, 5.74) is 12.7. The largest absolute Gasteiger partial charge is 0.310 e. The number of fused-ring (bicyclic) bond motifs is 14. The van der Waals surface area contributed by atoms with Crippen LogP contribution in [-0.2, 0) is 5.41 Å². The van der Waals surface area contributed by atoms with Gasteiger partial charge in [-0.3, -0.25) is 0 Å². The molecule has 6 aromatic carbocycles. The summed E-state index contributed by atoms with van der Waals surface area (Å²) in [4.78, 5) is 2.56. The molecule has 0 unspecified atom stereocenters. The highest BCUT2D eigenvalue weighted by Crippen LogP contribution is 2.59. The molecule has 3 aliphatic heterocycles. The van der Waals surface area contributed by atoms with Crippen molar-refractivity contribution < 1.29 is 0 Å². The zero-order valence-electron chi connectivity index (χ0n) is 23.3. The van der Waals surface area contributed by atoms with Gasteiger partial charge in [0.25, 0.3) is 0 Å². The van der Waals surface area contributed by atoms with Gasteiger partial charge in [0.15, 0.2) is 8.07 Å². The van der Waals surface area contributed by atoms with Crippen molar-refractivity contribution in [3.63, 3.8) is 0 Å². The molecule has 0 atom stereocenters. The van der Waals surface area contributed by atoms with Crippen LogP contribution in [-0.4, -0.2) is 8.07 Å². The Hall–Kier alpha value is -4.66. The first kappa shape index (κ1) is 23.0. The molecule has 0 amide bonds. The minimum atomic E-state index is -2.48. The van der Waals surface area contributed by atoms with Gasteiger partial charge in [0.2, 0.25) is 0 Å². The van der Waals surface area contributed by atoms with Crippen LogP contribution in [0.2, 0.25) is 0 Å². The summed E-state index contributed by atoms with van der Waals surface area (Å²) in [5.74, 6) is 0. The summed E-state index contributed by atoms with van der Waals surface area (Å²) in [6.07, 6.45) is 3.77. The van der Waals surface area contributed by atoms with Crippen molar-refractivity contribution in [3.05, 3.63) is 151 Å². The maximum atomic E-state index is 2.58. The molecule has 1 saturated carbocycles. The van der Waals surface area contributed by atoms with Crippen LogP contribution in [0.3, 0.4) is 0 Å². The van der Waals surface area contributed by atoms with Crippen molar-refractivity contribution in [3.8, 4) is 22.3 Å². The van der Waals surface area contributed by atoms with Crippen molar-refractivity contribution >= 4 is 45.9 Å². The molecule has 0 radical (unpaired) electrons. The SMILES string of the molecule is c1ccc2c(c1)-c1ccccc1[Si]21c2ccccc2-c2ccc(N3c4ccccc4C4(CCC4)c4ccccc43)cc21.